The van der Waals surface area contributed by atoms with E-state index in [-0.39, 0.29) is 4.21 Å². The van der Waals surface area contributed by atoms with Crippen LogP contribution in [0, 0.1) is 0 Å². The van der Waals surface area contributed by atoms with E-state index in [2.05, 4.69) is 0 Å². The summed E-state index contributed by atoms with van der Waals surface area (Å²) >= 11 is 0.977. The molecule has 0 saturated heterocycles. The minimum Gasteiger partial charge on any atom is -0.188 e. The largest absolute Gasteiger partial charge is 0.341 e. The summed E-state index contributed by atoms with van der Waals surface area (Å²) in [5.41, 5.74) is 0. The van der Waals surface area contributed by atoms with Crippen LogP contribution in [0.25, 0.3) is 0 Å². The molecule has 0 unspecified atom stereocenters. The predicted molar refractivity (Wildman–Crippen MR) is 42.0 cm³/mol. The second kappa shape index (κ2) is 2.91. The first-order valence-corrected chi connectivity index (χ1v) is 5.27. The molecular formula is C6H7FO2S2. The lowest BCUT2D eigenvalue weighted by molar-refractivity contribution is 0.554. The Morgan fingerprint density at radius 3 is 2.45 bits per heavy atom. The van der Waals surface area contributed by atoms with Gasteiger partial charge in [0.05, 0.1) is 0 Å². The number of aryl methyl sites for hydroxylation is 1. The van der Waals surface area contributed by atoms with Crippen LogP contribution in [0.5, 0.6) is 0 Å². The van der Waals surface area contributed by atoms with Crippen molar-refractivity contribution >= 4 is 21.6 Å². The van der Waals surface area contributed by atoms with E-state index in [0.717, 1.165) is 22.6 Å². The van der Waals surface area contributed by atoms with E-state index in [1.165, 1.54) is 6.07 Å². The maximum absolute atomic E-state index is 12.3. The molecule has 0 spiro atoms. The fourth-order valence-corrected chi connectivity index (χ4v) is 2.30. The zero-order valence-corrected chi connectivity index (χ0v) is 7.51. The summed E-state index contributed by atoms with van der Waals surface area (Å²) in [6.07, 6.45) is 0.736. The van der Waals surface area contributed by atoms with Crippen molar-refractivity contribution in [3.63, 3.8) is 0 Å². The molecule has 0 fully saturated rings. The van der Waals surface area contributed by atoms with Crippen molar-refractivity contribution in [2.24, 2.45) is 0 Å². The Hall–Kier alpha value is -0.420. The Balaban J connectivity index is 3.09. The quantitative estimate of drug-likeness (QED) is 0.674. The summed E-state index contributed by atoms with van der Waals surface area (Å²) in [7, 11) is -4.47. The summed E-state index contributed by atoms with van der Waals surface area (Å²) in [6.45, 7) is 1.89. The number of halogens is 1. The molecule has 0 saturated carbocycles. The van der Waals surface area contributed by atoms with Crippen LogP contribution < -0.4 is 0 Å². The van der Waals surface area contributed by atoms with Gasteiger partial charge in [-0.05, 0) is 18.6 Å². The van der Waals surface area contributed by atoms with Gasteiger partial charge in [0.1, 0.15) is 0 Å². The molecule has 0 atom stereocenters. The smallest absolute Gasteiger partial charge is 0.188 e. The maximum Gasteiger partial charge on any atom is 0.341 e. The van der Waals surface area contributed by atoms with E-state index in [0.29, 0.717) is 0 Å². The topological polar surface area (TPSA) is 34.1 Å². The van der Waals surface area contributed by atoms with Gasteiger partial charge in [-0.25, -0.2) is 0 Å². The zero-order chi connectivity index (χ0) is 8.48. The Morgan fingerprint density at radius 1 is 1.55 bits per heavy atom. The van der Waals surface area contributed by atoms with E-state index >= 15 is 0 Å². The summed E-state index contributed by atoms with van der Waals surface area (Å²) in [4.78, 5) is 0.876. The summed E-state index contributed by atoms with van der Waals surface area (Å²) in [6, 6.07) is 2.91. The molecule has 11 heavy (non-hydrogen) atoms. The van der Waals surface area contributed by atoms with E-state index in [1.807, 2.05) is 6.92 Å². The van der Waals surface area contributed by atoms with Crippen LogP contribution >= 0.6 is 11.3 Å². The summed E-state index contributed by atoms with van der Waals surface area (Å²) in [5.74, 6) is 0. The zero-order valence-electron chi connectivity index (χ0n) is 5.87. The SMILES string of the molecule is CCc1ccc(S(=O)(=O)F)s1. The third kappa shape index (κ3) is 2.00. The maximum atomic E-state index is 12.3. The molecule has 1 aromatic heterocycles. The second-order valence-corrected chi connectivity index (χ2v) is 4.75. The van der Waals surface area contributed by atoms with Crippen LogP contribution in [0.15, 0.2) is 16.3 Å². The summed E-state index contributed by atoms with van der Waals surface area (Å²) in [5, 5.41) is 0. The Bertz CT molecular complexity index is 339. The van der Waals surface area contributed by atoms with Gasteiger partial charge in [0.2, 0.25) is 0 Å². The molecule has 0 amide bonds. The molecule has 0 bridgehead atoms. The molecule has 0 radical (unpaired) electrons. The van der Waals surface area contributed by atoms with E-state index < -0.39 is 10.2 Å². The van der Waals surface area contributed by atoms with Crippen LogP contribution in [0.1, 0.15) is 11.8 Å². The average molecular weight is 194 g/mol. The Kier molecular flexibility index (Phi) is 2.29. The van der Waals surface area contributed by atoms with Crippen molar-refractivity contribution in [3.05, 3.63) is 17.0 Å². The minimum absolute atomic E-state index is 0.200. The highest BCUT2D eigenvalue weighted by Crippen LogP contribution is 2.23. The fourth-order valence-electron chi connectivity index (χ4n) is 0.679. The molecule has 1 heterocycles. The van der Waals surface area contributed by atoms with Gasteiger partial charge in [-0.2, -0.15) is 8.42 Å². The van der Waals surface area contributed by atoms with E-state index in [4.69, 9.17) is 0 Å². The highest BCUT2D eigenvalue weighted by atomic mass is 32.3. The highest BCUT2D eigenvalue weighted by Gasteiger charge is 2.13. The number of hydrogen-bond acceptors (Lipinski definition) is 3. The van der Waals surface area contributed by atoms with Gasteiger partial charge in [-0.15, -0.1) is 11.3 Å². The Labute approximate surface area is 68.9 Å². The minimum atomic E-state index is -4.47. The molecule has 0 aliphatic carbocycles. The molecular weight excluding hydrogens is 187 g/mol. The average Bonchev–Trinajstić information content (AvgIpc) is 2.32. The van der Waals surface area contributed by atoms with Gasteiger partial charge in [-0.1, -0.05) is 10.8 Å². The molecule has 0 N–H and O–H groups in total. The van der Waals surface area contributed by atoms with Gasteiger partial charge in [0.25, 0.3) is 0 Å². The first-order valence-electron chi connectivity index (χ1n) is 3.07. The van der Waals surface area contributed by atoms with Gasteiger partial charge in [0, 0.05) is 4.88 Å². The molecule has 1 rings (SSSR count). The van der Waals surface area contributed by atoms with Crippen LogP contribution in [-0.4, -0.2) is 8.42 Å². The van der Waals surface area contributed by atoms with Gasteiger partial charge in [-0.3, -0.25) is 0 Å². The third-order valence-electron chi connectivity index (χ3n) is 1.23. The number of rotatable bonds is 2. The lowest BCUT2D eigenvalue weighted by atomic mass is 10.4. The molecule has 1 aromatic rings. The van der Waals surface area contributed by atoms with Crippen molar-refractivity contribution in [2.75, 3.05) is 0 Å². The van der Waals surface area contributed by atoms with E-state index in [9.17, 15) is 12.3 Å². The molecule has 0 aliphatic heterocycles. The third-order valence-corrected chi connectivity index (χ3v) is 3.71. The summed E-state index contributed by atoms with van der Waals surface area (Å²) < 4.78 is 32.7. The molecule has 62 valence electrons. The first-order chi connectivity index (χ1) is 5.04. The van der Waals surface area contributed by atoms with Crippen LogP contribution in [-0.2, 0) is 16.6 Å². The normalized spacial score (nSPS) is 11.8. The molecule has 5 heteroatoms. The van der Waals surface area contributed by atoms with Crippen LogP contribution in [0.2, 0.25) is 0 Å². The lowest BCUT2D eigenvalue weighted by Gasteiger charge is -1.84. The second-order valence-electron chi connectivity index (χ2n) is 2.01. The first kappa shape index (κ1) is 8.67. The number of thiophene rings is 1. The monoisotopic (exact) mass is 194 g/mol. The van der Waals surface area contributed by atoms with Crippen molar-refractivity contribution < 1.29 is 12.3 Å². The van der Waals surface area contributed by atoms with Crippen molar-refractivity contribution in [1.82, 2.24) is 0 Å². The molecule has 0 aromatic carbocycles. The molecule has 2 nitrogen and oxygen atoms in total. The van der Waals surface area contributed by atoms with Crippen molar-refractivity contribution in [1.29, 1.82) is 0 Å². The Morgan fingerprint density at radius 2 is 2.18 bits per heavy atom. The molecule has 0 aliphatic rings. The van der Waals surface area contributed by atoms with E-state index in [1.54, 1.807) is 6.07 Å². The fraction of sp³-hybridized carbons (Fsp3) is 0.333. The van der Waals surface area contributed by atoms with Gasteiger partial charge < -0.3 is 0 Å². The van der Waals surface area contributed by atoms with Crippen LogP contribution in [0.3, 0.4) is 0 Å². The standard InChI is InChI=1S/C6H7FO2S2/c1-2-5-3-4-6(10-5)11(7,8)9/h3-4H,2H2,1H3. The van der Waals surface area contributed by atoms with Gasteiger partial charge in [0.15, 0.2) is 4.21 Å². The lowest BCUT2D eigenvalue weighted by Crippen LogP contribution is -1.85. The highest BCUT2D eigenvalue weighted by molar-refractivity contribution is 7.88. The van der Waals surface area contributed by atoms with Crippen molar-refractivity contribution in [2.45, 2.75) is 17.6 Å². The van der Waals surface area contributed by atoms with Crippen LogP contribution in [0.4, 0.5) is 3.89 Å². The van der Waals surface area contributed by atoms with Crippen molar-refractivity contribution in [3.8, 4) is 0 Å². The predicted octanol–water partition coefficient (Wildman–Crippen LogP) is 1.97. The van der Waals surface area contributed by atoms with Gasteiger partial charge >= 0.3 is 10.2 Å². The number of hydrogen-bond donors (Lipinski definition) is 0.